The zero-order valence-electron chi connectivity index (χ0n) is 14.2. The zero-order chi connectivity index (χ0) is 18.5. The number of para-hydroxylation sites is 2. The molecule has 6 nitrogen and oxygen atoms in total. The molecule has 0 fully saturated rings. The second-order valence-corrected chi connectivity index (χ2v) is 6.47. The van der Waals surface area contributed by atoms with Crippen molar-refractivity contribution in [3.05, 3.63) is 78.9 Å². The van der Waals surface area contributed by atoms with Gasteiger partial charge in [0, 0.05) is 16.6 Å². The van der Waals surface area contributed by atoms with E-state index in [1.807, 2.05) is 60.7 Å². The molecule has 0 radical (unpaired) electrons. The number of nitrogens with zero attached hydrogens (tertiary/aromatic N) is 2. The van der Waals surface area contributed by atoms with Gasteiger partial charge in [0.25, 0.3) is 0 Å². The van der Waals surface area contributed by atoms with Gasteiger partial charge in [-0.1, -0.05) is 36.4 Å². The molecule has 0 aliphatic heterocycles. The molecule has 0 atom stereocenters. The minimum Gasteiger partial charge on any atom is -0.508 e. The SMILES string of the molecule is Oc1cccc(Nc2nc3ccccc3nc2NOSc2ccccc2)c1. The van der Waals surface area contributed by atoms with Gasteiger partial charge in [0.1, 0.15) is 5.75 Å². The van der Waals surface area contributed by atoms with Crippen molar-refractivity contribution in [3.8, 4) is 5.75 Å². The van der Waals surface area contributed by atoms with Gasteiger partial charge in [0.2, 0.25) is 0 Å². The van der Waals surface area contributed by atoms with Gasteiger partial charge in [-0.25, -0.2) is 15.4 Å². The molecule has 0 saturated carbocycles. The van der Waals surface area contributed by atoms with E-state index in [9.17, 15) is 5.11 Å². The van der Waals surface area contributed by atoms with Gasteiger partial charge in [0.15, 0.2) is 11.6 Å². The fourth-order valence-corrected chi connectivity index (χ4v) is 2.95. The van der Waals surface area contributed by atoms with Crippen LogP contribution < -0.4 is 10.8 Å². The standard InChI is InChI=1S/C20H16N4O2S/c25-15-8-6-7-14(13-15)21-19-20(23-18-12-5-4-11-17(18)22-19)24-26-27-16-9-2-1-3-10-16/h1-13,25H,(H,21,22)(H,23,24). The van der Waals surface area contributed by atoms with Gasteiger partial charge in [-0.05, 0) is 36.4 Å². The molecule has 0 aliphatic carbocycles. The fourth-order valence-electron chi connectivity index (χ4n) is 2.46. The predicted molar refractivity (Wildman–Crippen MR) is 108 cm³/mol. The minimum absolute atomic E-state index is 0.166. The third-order valence-electron chi connectivity index (χ3n) is 3.70. The third-order valence-corrected chi connectivity index (χ3v) is 4.33. The molecule has 0 bridgehead atoms. The largest absolute Gasteiger partial charge is 0.508 e. The number of hydrogen-bond donors (Lipinski definition) is 3. The van der Waals surface area contributed by atoms with E-state index in [0.717, 1.165) is 15.9 Å². The lowest BCUT2D eigenvalue weighted by Crippen LogP contribution is -2.05. The van der Waals surface area contributed by atoms with Crippen LogP contribution in [-0.4, -0.2) is 15.1 Å². The van der Waals surface area contributed by atoms with E-state index in [2.05, 4.69) is 20.8 Å². The lowest BCUT2D eigenvalue weighted by molar-refractivity contribution is 0.474. The summed E-state index contributed by atoms with van der Waals surface area (Å²) < 4.78 is 5.53. The van der Waals surface area contributed by atoms with Crippen LogP contribution in [0, 0.1) is 0 Å². The molecule has 0 saturated heterocycles. The third kappa shape index (κ3) is 4.28. The van der Waals surface area contributed by atoms with Crippen LogP contribution in [0.4, 0.5) is 17.3 Å². The monoisotopic (exact) mass is 376 g/mol. The lowest BCUT2D eigenvalue weighted by atomic mass is 10.3. The summed E-state index contributed by atoms with van der Waals surface area (Å²) in [5.74, 6) is 1.10. The molecule has 3 N–H and O–H groups in total. The fraction of sp³-hybridized carbons (Fsp3) is 0. The van der Waals surface area contributed by atoms with Gasteiger partial charge in [-0.3, -0.25) is 0 Å². The van der Waals surface area contributed by atoms with Gasteiger partial charge in [-0.2, -0.15) is 4.28 Å². The van der Waals surface area contributed by atoms with Crippen molar-refractivity contribution in [2.45, 2.75) is 4.90 Å². The number of phenolic OH excluding ortho intramolecular Hbond substituents is 1. The molecule has 3 aromatic carbocycles. The maximum absolute atomic E-state index is 9.68. The van der Waals surface area contributed by atoms with Crippen LogP contribution in [0.5, 0.6) is 5.75 Å². The predicted octanol–water partition coefficient (Wildman–Crippen LogP) is 5.13. The van der Waals surface area contributed by atoms with Crippen LogP contribution in [0.1, 0.15) is 0 Å². The van der Waals surface area contributed by atoms with Gasteiger partial charge < -0.3 is 10.4 Å². The maximum atomic E-state index is 9.68. The molecule has 4 aromatic rings. The number of rotatable bonds is 6. The first-order valence-electron chi connectivity index (χ1n) is 8.25. The average molecular weight is 376 g/mol. The first kappa shape index (κ1) is 17.1. The van der Waals surface area contributed by atoms with Crippen LogP contribution in [0.25, 0.3) is 11.0 Å². The van der Waals surface area contributed by atoms with Crippen molar-refractivity contribution in [1.29, 1.82) is 0 Å². The van der Waals surface area contributed by atoms with E-state index in [-0.39, 0.29) is 5.75 Å². The normalized spacial score (nSPS) is 10.7. The highest BCUT2D eigenvalue weighted by atomic mass is 32.2. The second kappa shape index (κ2) is 7.94. The smallest absolute Gasteiger partial charge is 0.195 e. The molecular weight excluding hydrogens is 360 g/mol. The van der Waals surface area contributed by atoms with Crippen molar-refractivity contribution in [2.75, 3.05) is 10.8 Å². The van der Waals surface area contributed by atoms with E-state index in [4.69, 9.17) is 4.28 Å². The van der Waals surface area contributed by atoms with Crippen molar-refractivity contribution in [3.63, 3.8) is 0 Å². The number of phenols is 1. The van der Waals surface area contributed by atoms with Crippen LogP contribution >= 0.6 is 12.0 Å². The van der Waals surface area contributed by atoms with E-state index >= 15 is 0 Å². The zero-order valence-corrected chi connectivity index (χ0v) is 15.0. The maximum Gasteiger partial charge on any atom is 0.195 e. The molecule has 1 heterocycles. The van der Waals surface area contributed by atoms with E-state index < -0.39 is 0 Å². The summed E-state index contributed by atoms with van der Waals surface area (Å²) in [4.78, 5) is 10.2. The number of aromatic hydroxyl groups is 1. The van der Waals surface area contributed by atoms with Crippen molar-refractivity contribution in [1.82, 2.24) is 9.97 Å². The Morgan fingerprint density at radius 2 is 1.48 bits per heavy atom. The van der Waals surface area contributed by atoms with Crippen LogP contribution in [0.3, 0.4) is 0 Å². The summed E-state index contributed by atoms with van der Waals surface area (Å²) >= 11 is 1.19. The molecule has 0 spiro atoms. The summed E-state index contributed by atoms with van der Waals surface area (Å²) in [6.07, 6.45) is 0. The molecular formula is C20H16N4O2S. The number of benzene rings is 3. The Balaban J connectivity index is 1.60. The molecule has 134 valence electrons. The highest BCUT2D eigenvalue weighted by Crippen LogP contribution is 2.28. The summed E-state index contributed by atoms with van der Waals surface area (Å²) in [6, 6.07) is 24.1. The van der Waals surface area contributed by atoms with Crippen molar-refractivity contribution in [2.24, 2.45) is 0 Å². The summed E-state index contributed by atoms with van der Waals surface area (Å²) in [5, 5.41) is 12.8. The van der Waals surface area contributed by atoms with E-state index in [1.54, 1.807) is 18.2 Å². The van der Waals surface area contributed by atoms with E-state index in [0.29, 0.717) is 17.3 Å². The molecule has 0 aliphatic rings. The summed E-state index contributed by atoms with van der Waals surface area (Å²) in [5.41, 5.74) is 5.04. The van der Waals surface area contributed by atoms with Gasteiger partial charge in [0.05, 0.1) is 23.1 Å². The number of aromatic nitrogens is 2. The van der Waals surface area contributed by atoms with Crippen LogP contribution in [0.15, 0.2) is 83.8 Å². The van der Waals surface area contributed by atoms with Gasteiger partial charge in [-0.15, -0.1) is 0 Å². The Hall–Kier alpha value is -3.29. The topological polar surface area (TPSA) is 79.3 Å². The highest BCUT2D eigenvalue weighted by molar-refractivity contribution is 7.94. The van der Waals surface area contributed by atoms with Gasteiger partial charge >= 0.3 is 0 Å². The lowest BCUT2D eigenvalue weighted by Gasteiger charge is -2.13. The Kier molecular flexibility index (Phi) is 5.04. The average Bonchev–Trinajstić information content (AvgIpc) is 2.69. The molecule has 7 heteroatoms. The van der Waals surface area contributed by atoms with Crippen molar-refractivity contribution < 1.29 is 9.39 Å². The Morgan fingerprint density at radius 3 is 2.22 bits per heavy atom. The first-order valence-corrected chi connectivity index (χ1v) is 8.99. The number of hydrogen-bond acceptors (Lipinski definition) is 7. The highest BCUT2D eigenvalue weighted by Gasteiger charge is 2.10. The first-order chi connectivity index (χ1) is 13.3. The number of fused-ring (bicyclic) bond motifs is 1. The van der Waals surface area contributed by atoms with Crippen LogP contribution in [0.2, 0.25) is 0 Å². The number of nitrogens with one attached hydrogen (secondary N) is 2. The minimum atomic E-state index is 0.166. The summed E-state index contributed by atoms with van der Waals surface area (Å²) in [6.45, 7) is 0. The Labute approximate surface area is 160 Å². The Bertz CT molecular complexity index is 1060. The quantitative estimate of drug-likeness (QED) is 0.318. The van der Waals surface area contributed by atoms with E-state index in [1.165, 1.54) is 12.0 Å². The van der Waals surface area contributed by atoms with Crippen LogP contribution in [-0.2, 0) is 4.28 Å². The molecule has 27 heavy (non-hydrogen) atoms. The number of anilines is 3. The Morgan fingerprint density at radius 1 is 0.778 bits per heavy atom. The molecule has 0 amide bonds. The summed E-state index contributed by atoms with van der Waals surface area (Å²) in [7, 11) is 0. The van der Waals surface area contributed by atoms with Crippen molar-refractivity contribution >= 4 is 40.4 Å². The molecule has 0 unspecified atom stereocenters. The molecule has 1 aromatic heterocycles. The molecule has 4 rings (SSSR count). The second-order valence-electron chi connectivity index (χ2n) is 5.67.